The molecule has 0 unspecified atom stereocenters. The monoisotopic (exact) mass is 725 g/mol. The molecule has 3 nitrogen and oxygen atoms in total. The molecule has 54 heavy (non-hydrogen) atoms. The molecule has 0 saturated carbocycles. The summed E-state index contributed by atoms with van der Waals surface area (Å²) in [6.45, 7) is 9.89. The van der Waals surface area contributed by atoms with E-state index >= 15 is 0 Å². The van der Waals surface area contributed by atoms with Crippen molar-refractivity contribution in [2.24, 2.45) is 0 Å². The molecule has 0 aliphatic carbocycles. The molecule has 0 spiro atoms. The number of benzene rings is 7. The van der Waals surface area contributed by atoms with Crippen molar-refractivity contribution < 1.29 is 0 Å². The summed E-state index contributed by atoms with van der Waals surface area (Å²) < 4.78 is 0. The molecule has 8 aromatic rings. The van der Waals surface area contributed by atoms with Crippen LogP contribution >= 0.6 is 0 Å². The van der Waals surface area contributed by atoms with E-state index in [-0.39, 0.29) is 0 Å². The lowest BCUT2D eigenvalue weighted by Crippen LogP contribution is -2.49. The Hall–Kier alpha value is -6.02. The van der Waals surface area contributed by atoms with Crippen LogP contribution in [0.4, 0.5) is 0 Å². The van der Waals surface area contributed by atoms with Crippen molar-refractivity contribution in [2.45, 2.75) is 26.2 Å². The average Bonchev–Trinajstić information content (AvgIpc) is 3.59. The van der Waals surface area contributed by atoms with Gasteiger partial charge in [0.05, 0.1) is 0 Å². The van der Waals surface area contributed by atoms with E-state index in [1.807, 2.05) is 6.07 Å². The molecule has 7 aromatic carbocycles. The smallest absolute Gasteiger partial charge is 0.164 e. The highest BCUT2D eigenvalue weighted by Crippen LogP contribution is 2.39. The number of nitrogens with zero attached hydrogens (tertiary/aromatic N) is 3. The van der Waals surface area contributed by atoms with Crippen LogP contribution < -0.4 is 20.7 Å². The number of hydrogen-bond acceptors (Lipinski definition) is 3. The van der Waals surface area contributed by atoms with Crippen LogP contribution in [0.1, 0.15) is 0 Å². The molecule has 0 amide bonds. The highest BCUT2D eigenvalue weighted by atomic mass is 28.3. The highest BCUT2D eigenvalue weighted by molar-refractivity contribution is 7.04. The van der Waals surface area contributed by atoms with E-state index in [4.69, 9.17) is 15.0 Å². The molecule has 0 bridgehead atoms. The van der Waals surface area contributed by atoms with Crippen molar-refractivity contribution in [3.8, 4) is 78.7 Å². The summed E-state index contributed by atoms with van der Waals surface area (Å²) in [4.78, 5) is 15.9. The number of fused-ring (bicyclic) bond motifs is 6. The highest BCUT2D eigenvalue weighted by Gasteiger charge is 2.39. The fraction of sp³-hybridized carbons (Fsp3) is 0.0816. The Morgan fingerprint density at radius 1 is 0.278 bits per heavy atom. The molecule has 258 valence electrons. The maximum absolute atomic E-state index is 5.39. The van der Waals surface area contributed by atoms with Crippen LogP contribution in [-0.2, 0) is 0 Å². The van der Waals surface area contributed by atoms with Gasteiger partial charge in [0, 0.05) is 16.7 Å². The quantitative estimate of drug-likeness (QED) is 0.166. The zero-order chi connectivity index (χ0) is 36.6. The SMILES string of the molecule is C[Si]1(C)c2cc(-c3ccccc3)ccc2-c2ccc(-c3nc(-c4ccccc4)nc(-c4cc5c(cc4-c4ccccc4)-c4ccccc4[Si]5(C)C)n3)cc21. The largest absolute Gasteiger partial charge is 0.208 e. The minimum Gasteiger partial charge on any atom is -0.208 e. The molecule has 3 heterocycles. The summed E-state index contributed by atoms with van der Waals surface area (Å²) in [5.74, 6) is 2.09. The summed E-state index contributed by atoms with van der Waals surface area (Å²) in [5, 5.41) is 5.82. The molecular weight excluding hydrogens is 687 g/mol. The topological polar surface area (TPSA) is 38.7 Å². The van der Waals surface area contributed by atoms with Gasteiger partial charge >= 0.3 is 0 Å². The lowest BCUT2D eigenvalue weighted by atomic mass is 9.94. The third-order valence-electron chi connectivity index (χ3n) is 11.8. The van der Waals surface area contributed by atoms with E-state index < -0.39 is 16.1 Å². The van der Waals surface area contributed by atoms with E-state index in [0.717, 1.165) is 27.8 Å². The first kappa shape index (κ1) is 32.6. The molecule has 0 atom stereocenters. The van der Waals surface area contributed by atoms with E-state index in [1.165, 1.54) is 54.1 Å². The van der Waals surface area contributed by atoms with Crippen molar-refractivity contribution in [3.05, 3.63) is 164 Å². The van der Waals surface area contributed by atoms with Crippen LogP contribution in [0.25, 0.3) is 78.7 Å². The van der Waals surface area contributed by atoms with Gasteiger partial charge in [-0.3, -0.25) is 0 Å². The van der Waals surface area contributed by atoms with Gasteiger partial charge in [-0.15, -0.1) is 0 Å². The molecule has 10 rings (SSSR count). The van der Waals surface area contributed by atoms with Crippen molar-refractivity contribution in [1.82, 2.24) is 15.0 Å². The molecule has 0 N–H and O–H groups in total. The van der Waals surface area contributed by atoms with Crippen molar-refractivity contribution in [2.75, 3.05) is 0 Å². The van der Waals surface area contributed by atoms with Gasteiger partial charge in [-0.05, 0) is 71.3 Å². The molecule has 0 saturated heterocycles. The van der Waals surface area contributed by atoms with Gasteiger partial charge in [0.1, 0.15) is 16.1 Å². The van der Waals surface area contributed by atoms with Gasteiger partial charge in [-0.25, -0.2) is 15.0 Å². The standard InChI is InChI=1S/C49H39N3Si2/c1-53(2)43-23-15-14-22-37(43)41-30-40(33-18-10-6-11-19-33)42(31-46(41)53)49-51-47(34-20-12-7-13-21-34)50-48(52-49)36-25-27-39-38-26-24-35(32-16-8-5-9-17-32)28-44(38)54(3,4)45(39)29-36/h5-31H,1-4H3. The van der Waals surface area contributed by atoms with Gasteiger partial charge in [0.2, 0.25) is 0 Å². The summed E-state index contributed by atoms with van der Waals surface area (Å²) >= 11 is 0. The molecule has 0 fully saturated rings. The Kier molecular flexibility index (Phi) is 7.41. The number of rotatable bonds is 5. The zero-order valence-corrected chi connectivity index (χ0v) is 32.9. The maximum atomic E-state index is 5.39. The third kappa shape index (κ3) is 5.11. The van der Waals surface area contributed by atoms with Crippen molar-refractivity contribution in [3.63, 3.8) is 0 Å². The summed E-state index contributed by atoms with van der Waals surface area (Å²) in [6, 6.07) is 59.5. The van der Waals surface area contributed by atoms with Crippen LogP contribution in [0, 0.1) is 0 Å². The molecule has 5 heteroatoms. The Morgan fingerprint density at radius 3 is 1.41 bits per heavy atom. The van der Waals surface area contributed by atoms with Crippen molar-refractivity contribution in [1.29, 1.82) is 0 Å². The number of aromatic nitrogens is 3. The minimum absolute atomic E-state index is 0.683. The Morgan fingerprint density at radius 2 is 0.741 bits per heavy atom. The summed E-state index contributed by atoms with van der Waals surface area (Å²) in [7, 11) is -4.02. The average molecular weight is 726 g/mol. The number of hydrogen-bond donors (Lipinski definition) is 0. The van der Waals surface area contributed by atoms with E-state index in [0.29, 0.717) is 17.5 Å². The van der Waals surface area contributed by atoms with E-state index in [1.54, 1.807) is 0 Å². The van der Waals surface area contributed by atoms with Crippen LogP contribution in [0.3, 0.4) is 0 Å². The maximum Gasteiger partial charge on any atom is 0.164 e. The van der Waals surface area contributed by atoms with Gasteiger partial charge in [-0.2, -0.15) is 0 Å². The van der Waals surface area contributed by atoms with Gasteiger partial charge in [0.15, 0.2) is 17.5 Å². The Labute approximate surface area is 319 Å². The minimum atomic E-state index is -2.04. The van der Waals surface area contributed by atoms with E-state index in [2.05, 4.69) is 184 Å². The van der Waals surface area contributed by atoms with E-state index in [9.17, 15) is 0 Å². The lowest BCUT2D eigenvalue weighted by Gasteiger charge is -2.21. The second-order valence-electron chi connectivity index (χ2n) is 15.7. The predicted molar refractivity (Wildman–Crippen MR) is 231 cm³/mol. The Bertz CT molecular complexity index is 2760. The fourth-order valence-electron chi connectivity index (χ4n) is 8.82. The van der Waals surface area contributed by atoms with Crippen LogP contribution in [0.5, 0.6) is 0 Å². The van der Waals surface area contributed by atoms with Gasteiger partial charge in [-0.1, -0.05) is 184 Å². The Balaban J connectivity index is 1.16. The molecule has 0 radical (unpaired) electrons. The second-order valence-corrected chi connectivity index (χ2v) is 24.3. The third-order valence-corrected chi connectivity index (χ3v) is 18.8. The predicted octanol–water partition coefficient (Wildman–Crippen LogP) is 9.81. The van der Waals surface area contributed by atoms with Crippen LogP contribution in [0.2, 0.25) is 26.2 Å². The first-order chi connectivity index (χ1) is 26.3. The lowest BCUT2D eigenvalue weighted by molar-refractivity contribution is 1.07. The second kappa shape index (κ2) is 12.3. The molecule has 2 aliphatic rings. The van der Waals surface area contributed by atoms with Crippen LogP contribution in [0.15, 0.2) is 164 Å². The normalized spacial score (nSPS) is 14.2. The summed E-state index contributed by atoms with van der Waals surface area (Å²) in [5.41, 5.74) is 13.2. The first-order valence-electron chi connectivity index (χ1n) is 18.8. The summed E-state index contributed by atoms with van der Waals surface area (Å²) in [6.07, 6.45) is 0. The molecule has 2 aliphatic heterocycles. The molecular formula is C49H39N3Si2. The fourth-order valence-corrected chi connectivity index (χ4v) is 15.0. The zero-order valence-electron chi connectivity index (χ0n) is 30.9. The van der Waals surface area contributed by atoms with Crippen LogP contribution in [-0.4, -0.2) is 31.1 Å². The van der Waals surface area contributed by atoms with Gasteiger partial charge < -0.3 is 0 Å². The first-order valence-corrected chi connectivity index (χ1v) is 24.8. The van der Waals surface area contributed by atoms with Crippen molar-refractivity contribution >= 4 is 36.9 Å². The van der Waals surface area contributed by atoms with Gasteiger partial charge in [0.25, 0.3) is 0 Å². The molecule has 1 aromatic heterocycles.